The first kappa shape index (κ1) is 19.2. The number of aromatic nitrogens is 3. The van der Waals surface area contributed by atoms with Crippen molar-refractivity contribution in [2.75, 3.05) is 13.2 Å². The zero-order valence-electron chi connectivity index (χ0n) is 17.2. The number of nitrogens with one attached hydrogen (secondary N) is 1. The second kappa shape index (κ2) is 7.83. The van der Waals surface area contributed by atoms with Crippen molar-refractivity contribution in [2.45, 2.75) is 26.3 Å². The van der Waals surface area contributed by atoms with Crippen molar-refractivity contribution in [1.29, 1.82) is 0 Å². The number of hydrogen-bond donors (Lipinski definition) is 1. The summed E-state index contributed by atoms with van der Waals surface area (Å²) in [7, 11) is 0. The summed E-state index contributed by atoms with van der Waals surface area (Å²) in [6.07, 6.45) is 7.45. The second-order valence-electron chi connectivity index (χ2n) is 7.60. The number of ether oxygens (including phenoxy) is 1. The van der Waals surface area contributed by atoms with Gasteiger partial charge in [0, 0.05) is 23.9 Å². The first-order chi connectivity index (χ1) is 15.1. The third-order valence-electron chi connectivity index (χ3n) is 5.65. The van der Waals surface area contributed by atoms with Gasteiger partial charge >= 0.3 is 5.97 Å². The zero-order valence-corrected chi connectivity index (χ0v) is 17.2. The maximum absolute atomic E-state index is 12.3. The van der Waals surface area contributed by atoms with E-state index >= 15 is 0 Å². The van der Waals surface area contributed by atoms with E-state index in [1.54, 1.807) is 19.1 Å². The van der Waals surface area contributed by atoms with Crippen molar-refractivity contribution in [1.82, 2.24) is 20.1 Å². The number of benzene rings is 1. The van der Waals surface area contributed by atoms with Crippen LogP contribution in [-0.4, -0.2) is 39.8 Å². The van der Waals surface area contributed by atoms with Gasteiger partial charge in [0.15, 0.2) is 0 Å². The Hall–Kier alpha value is -3.74. The van der Waals surface area contributed by atoms with E-state index < -0.39 is 0 Å². The molecule has 0 saturated heterocycles. The van der Waals surface area contributed by atoms with Crippen molar-refractivity contribution in [3.05, 3.63) is 70.2 Å². The van der Waals surface area contributed by atoms with Crippen LogP contribution in [0.2, 0.25) is 0 Å². The van der Waals surface area contributed by atoms with Crippen molar-refractivity contribution < 1.29 is 14.3 Å². The van der Waals surface area contributed by atoms with E-state index in [1.165, 1.54) is 0 Å². The topological polar surface area (TPSA) is 86.1 Å². The van der Waals surface area contributed by atoms with Crippen LogP contribution < -0.4 is 5.32 Å². The van der Waals surface area contributed by atoms with Crippen LogP contribution in [0.25, 0.3) is 23.4 Å². The van der Waals surface area contributed by atoms with Crippen LogP contribution in [0.4, 0.5) is 0 Å². The molecular formula is C24H22N4O3. The Balaban J connectivity index is 1.42. The quantitative estimate of drug-likeness (QED) is 0.663. The number of pyridine rings is 1. The maximum atomic E-state index is 12.3. The van der Waals surface area contributed by atoms with Crippen LogP contribution in [0.15, 0.2) is 36.5 Å². The summed E-state index contributed by atoms with van der Waals surface area (Å²) < 4.78 is 6.85. The lowest BCUT2D eigenvalue weighted by Crippen LogP contribution is -2.36. The molecule has 0 fully saturated rings. The number of aryl methyl sites for hydroxylation is 1. The minimum absolute atomic E-state index is 0.0381. The molecule has 1 aromatic carbocycles. The molecule has 3 heterocycles. The van der Waals surface area contributed by atoms with Gasteiger partial charge in [-0.15, -0.1) is 0 Å². The third-order valence-corrected chi connectivity index (χ3v) is 5.65. The van der Waals surface area contributed by atoms with Gasteiger partial charge in [-0.3, -0.25) is 14.5 Å². The molecule has 156 valence electrons. The first-order valence-corrected chi connectivity index (χ1v) is 10.5. The van der Waals surface area contributed by atoms with E-state index in [1.807, 2.05) is 41.2 Å². The molecule has 0 spiro atoms. The molecule has 7 heteroatoms. The number of rotatable bonds is 4. The fourth-order valence-corrected chi connectivity index (χ4v) is 4.12. The number of esters is 1. The average Bonchev–Trinajstić information content (AvgIpc) is 3.18. The molecule has 3 aromatic rings. The Labute approximate surface area is 179 Å². The molecular weight excluding hydrogens is 392 g/mol. The van der Waals surface area contributed by atoms with Gasteiger partial charge in [-0.1, -0.05) is 18.2 Å². The summed E-state index contributed by atoms with van der Waals surface area (Å²) in [5, 5.41) is 7.66. The summed E-state index contributed by atoms with van der Waals surface area (Å²) in [4.78, 5) is 28.7. The summed E-state index contributed by atoms with van der Waals surface area (Å²) >= 11 is 0. The first-order valence-electron chi connectivity index (χ1n) is 10.5. The molecule has 1 N–H and O–H groups in total. The number of nitrogens with zero attached hydrogens (tertiary/aromatic N) is 3. The number of amides is 1. The molecule has 7 nitrogen and oxygen atoms in total. The van der Waals surface area contributed by atoms with Crippen molar-refractivity contribution in [2.24, 2.45) is 0 Å². The lowest BCUT2D eigenvalue weighted by Gasteiger charge is -2.17. The van der Waals surface area contributed by atoms with Gasteiger partial charge in [0.25, 0.3) is 5.91 Å². The van der Waals surface area contributed by atoms with Crippen LogP contribution >= 0.6 is 0 Å². The highest BCUT2D eigenvalue weighted by Crippen LogP contribution is 2.35. The van der Waals surface area contributed by atoms with Crippen molar-refractivity contribution in [3.8, 4) is 11.3 Å². The zero-order chi connectivity index (χ0) is 21.4. The molecule has 0 bridgehead atoms. The van der Waals surface area contributed by atoms with Crippen molar-refractivity contribution >= 4 is 24.0 Å². The Kier molecular flexibility index (Phi) is 4.86. The molecule has 1 aliphatic carbocycles. The molecule has 1 amide bonds. The third kappa shape index (κ3) is 3.52. The van der Waals surface area contributed by atoms with Gasteiger partial charge in [0.05, 0.1) is 30.1 Å². The lowest BCUT2D eigenvalue weighted by atomic mass is 9.89. The minimum Gasteiger partial charge on any atom is -0.462 e. The van der Waals surface area contributed by atoms with Gasteiger partial charge in [0.1, 0.15) is 5.69 Å². The van der Waals surface area contributed by atoms with Crippen LogP contribution in [0.3, 0.4) is 0 Å². The van der Waals surface area contributed by atoms with E-state index in [2.05, 4.69) is 10.3 Å². The smallest absolute Gasteiger partial charge is 0.338 e. The van der Waals surface area contributed by atoms with E-state index in [-0.39, 0.29) is 11.9 Å². The summed E-state index contributed by atoms with van der Waals surface area (Å²) in [5.74, 6) is -0.356. The standard InChI is InChI=1S/C24H22N4O3/c1-2-31-24(30)16-6-3-15(4-7-16)5-9-18-13-20-17(14-26-18)8-10-19-21(20)27-28-12-11-25-23(29)22(19)28/h3-7,9,13-14H,2,8,10-12H2,1H3,(H,25,29)/b9-5+. The Bertz CT molecular complexity index is 1210. The molecule has 2 aromatic heterocycles. The van der Waals surface area contributed by atoms with Crippen LogP contribution in [0, 0.1) is 0 Å². The lowest BCUT2D eigenvalue weighted by molar-refractivity contribution is 0.0526. The van der Waals surface area contributed by atoms with Gasteiger partial charge in [-0.05, 0) is 55.2 Å². The van der Waals surface area contributed by atoms with E-state index in [4.69, 9.17) is 9.84 Å². The molecule has 1 aliphatic heterocycles. The second-order valence-corrected chi connectivity index (χ2v) is 7.60. The van der Waals surface area contributed by atoms with E-state index in [0.717, 1.165) is 46.5 Å². The molecule has 0 saturated carbocycles. The Morgan fingerprint density at radius 1 is 1.23 bits per heavy atom. The van der Waals surface area contributed by atoms with Gasteiger partial charge < -0.3 is 10.1 Å². The highest BCUT2D eigenvalue weighted by molar-refractivity contribution is 5.97. The van der Waals surface area contributed by atoms with E-state index in [9.17, 15) is 9.59 Å². The van der Waals surface area contributed by atoms with Crippen LogP contribution in [0.5, 0.6) is 0 Å². The Morgan fingerprint density at radius 3 is 2.87 bits per heavy atom. The maximum Gasteiger partial charge on any atom is 0.338 e. The fraction of sp³-hybridized carbons (Fsp3) is 0.250. The Morgan fingerprint density at radius 2 is 2.06 bits per heavy atom. The van der Waals surface area contributed by atoms with Crippen LogP contribution in [0.1, 0.15) is 50.2 Å². The number of carbonyl (C=O) groups excluding carboxylic acids is 2. The SMILES string of the molecule is CCOC(=O)c1ccc(/C=C/c2cc3c(cn2)CCc2c-3nn3c2C(=O)NCC3)cc1. The fourth-order valence-electron chi connectivity index (χ4n) is 4.12. The monoisotopic (exact) mass is 414 g/mol. The molecule has 0 radical (unpaired) electrons. The van der Waals surface area contributed by atoms with Crippen LogP contribution in [-0.2, 0) is 24.1 Å². The molecule has 0 atom stereocenters. The normalized spacial score (nSPS) is 14.5. The molecule has 5 rings (SSSR count). The number of carbonyl (C=O) groups is 2. The predicted octanol–water partition coefficient (Wildman–Crippen LogP) is 3.13. The summed E-state index contributed by atoms with van der Waals surface area (Å²) in [6.45, 7) is 3.45. The summed E-state index contributed by atoms with van der Waals surface area (Å²) in [6, 6.07) is 9.30. The highest BCUT2D eigenvalue weighted by atomic mass is 16.5. The molecule has 0 unspecified atom stereocenters. The average molecular weight is 414 g/mol. The predicted molar refractivity (Wildman–Crippen MR) is 117 cm³/mol. The van der Waals surface area contributed by atoms with Gasteiger partial charge in [0.2, 0.25) is 0 Å². The summed E-state index contributed by atoms with van der Waals surface area (Å²) in [5.41, 5.74) is 7.12. The van der Waals surface area contributed by atoms with Gasteiger partial charge in [-0.2, -0.15) is 5.10 Å². The number of fused-ring (bicyclic) bond motifs is 5. The molecule has 31 heavy (non-hydrogen) atoms. The highest BCUT2D eigenvalue weighted by Gasteiger charge is 2.30. The molecule has 2 aliphatic rings. The van der Waals surface area contributed by atoms with Crippen molar-refractivity contribution in [3.63, 3.8) is 0 Å². The minimum atomic E-state index is -0.318. The number of hydrogen-bond acceptors (Lipinski definition) is 5. The van der Waals surface area contributed by atoms with E-state index in [0.29, 0.717) is 31.0 Å². The largest absolute Gasteiger partial charge is 0.462 e. The van der Waals surface area contributed by atoms with Gasteiger partial charge in [-0.25, -0.2) is 4.79 Å².